The summed E-state index contributed by atoms with van der Waals surface area (Å²) in [5.41, 5.74) is 2.42. The lowest BCUT2D eigenvalue weighted by Crippen LogP contribution is -1.75. The van der Waals surface area contributed by atoms with Crippen LogP contribution in [-0.2, 0) is 0 Å². The van der Waals surface area contributed by atoms with Crippen molar-refractivity contribution in [3.63, 3.8) is 0 Å². The highest BCUT2D eigenvalue weighted by atomic mass is 16.4. The second kappa shape index (κ2) is 4.83. The van der Waals surface area contributed by atoms with Crippen LogP contribution >= 0.6 is 0 Å². The fourth-order valence-corrected chi connectivity index (χ4v) is 1.80. The fraction of sp³-hybridized carbons (Fsp3) is 0. The van der Waals surface area contributed by atoms with Gasteiger partial charge >= 0.3 is 7.69 Å². The molecule has 0 aliphatic heterocycles. The molecule has 0 saturated heterocycles. The van der Waals surface area contributed by atoms with Crippen molar-refractivity contribution in [1.82, 2.24) is 4.98 Å². The number of rotatable bonds is 0. The van der Waals surface area contributed by atoms with Crippen molar-refractivity contribution in [1.29, 1.82) is 0 Å². The van der Waals surface area contributed by atoms with Crippen LogP contribution in [0, 0.1) is 0 Å². The van der Waals surface area contributed by atoms with E-state index >= 15 is 0 Å². The molecule has 0 aliphatic rings. The Morgan fingerprint density at radius 1 is 0.750 bits per heavy atom. The molecular weight excluding hydrogens is 201 g/mol. The van der Waals surface area contributed by atoms with Crippen LogP contribution in [0.15, 0.2) is 48.5 Å². The Labute approximate surface area is 93.7 Å². The van der Waals surface area contributed by atoms with Crippen molar-refractivity contribution in [2.75, 3.05) is 0 Å². The van der Waals surface area contributed by atoms with E-state index in [9.17, 15) is 0 Å². The number of aromatic amines is 1. The summed E-state index contributed by atoms with van der Waals surface area (Å²) in [6.07, 6.45) is 0. The molecule has 3 N–H and O–H groups in total. The van der Waals surface area contributed by atoms with Gasteiger partial charge < -0.3 is 15.0 Å². The van der Waals surface area contributed by atoms with Crippen molar-refractivity contribution < 1.29 is 10.0 Å². The Bertz CT molecular complexity index is 541. The summed E-state index contributed by atoms with van der Waals surface area (Å²) < 4.78 is 0. The first-order valence-corrected chi connectivity index (χ1v) is 4.92. The van der Waals surface area contributed by atoms with Gasteiger partial charge in [0.2, 0.25) is 0 Å². The molecule has 0 unspecified atom stereocenters. The zero-order valence-electron chi connectivity index (χ0n) is 8.59. The second-order valence-corrected chi connectivity index (χ2v) is 3.33. The molecule has 2 aromatic carbocycles. The number of benzene rings is 2. The topological polar surface area (TPSA) is 56.2 Å². The molecule has 3 aromatic rings. The van der Waals surface area contributed by atoms with E-state index in [1.165, 1.54) is 21.8 Å². The Kier molecular flexibility index (Phi) is 3.24. The van der Waals surface area contributed by atoms with Gasteiger partial charge in [-0.15, -0.1) is 0 Å². The molecule has 4 heteroatoms. The van der Waals surface area contributed by atoms with E-state index in [-0.39, 0.29) is 7.69 Å². The van der Waals surface area contributed by atoms with Crippen molar-refractivity contribution in [3.05, 3.63) is 48.5 Å². The third kappa shape index (κ3) is 1.93. The predicted molar refractivity (Wildman–Crippen MR) is 66.0 cm³/mol. The molecule has 1 heterocycles. The standard InChI is InChI=1S/C12H9N.BH2O2/c1-3-7-11-9(5-1)10-6-2-4-8-12(10)13-11;2-1-3/h1-8,13H;2-3H. The molecule has 79 valence electrons. The maximum atomic E-state index is 7.00. The van der Waals surface area contributed by atoms with Crippen LogP contribution in [0.5, 0.6) is 0 Å². The average Bonchev–Trinajstić information content (AvgIpc) is 2.68. The zero-order chi connectivity index (χ0) is 11.4. The second-order valence-electron chi connectivity index (χ2n) is 3.33. The summed E-state index contributed by atoms with van der Waals surface area (Å²) in [5.74, 6) is 0. The average molecular weight is 212 g/mol. The number of para-hydroxylation sites is 2. The Morgan fingerprint density at radius 3 is 1.56 bits per heavy atom. The Hall–Kier alpha value is -1.78. The maximum absolute atomic E-state index is 7.00. The molecule has 16 heavy (non-hydrogen) atoms. The predicted octanol–water partition coefficient (Wildman–Crippen LogP) is 1.83. The van der Waals surface area contributed by atoms with Gasteiger partial charge in [-0.25, -0.2) is 0 Å². The van der Waals surface area contributed by atoms with Crippen LogP contribution < -0.4 is 0 Å². The van der Waals surface area contributed by atoms with E-state index in [1.54, 1.807) is 0 Å². The highest BCUT2D eigenvalue weighted by Gasteiger charge is 2.00. The molecule has 0 atom stereocenters. The molecule has 0 fully saturated rings. The lowest BCUT2D eigenvalue weighted by atomic mass is 10.2. The lowest BCUT2D eigenvalue weighted by Gasteiger charge is -1.87. The molecule has 0 spiro atoms. The van der Waals surface area contributed by atoms with Gasteiger partial charge in [-0.3, -0.25) is 0 Å². The molecule has 3 nitrogen and oxygen atoms in total. The van der Waals surface area contributed by atoms with Crippen molar-refractivity contribution >= 4 is 29.5 Å². The Morgan fingerprint density at radius 2 is 1.12 bits per heavy atom. The van der Waals surface area contributed by atoms with Crippen LogP contribution in [-0.4, -0.2) is 22.7 Å². The number of aromatic nitrogens is 1. The molecule has 0 saturated carbocycles. The van der Waals surface area contributed by atoms with E-state index in [4.69, 9.17) is 10.0 Å². The minimum atomic E-state index is 0. The zero-order valence-corrected chi connectivity index (χ0v) is 8.59. The number of nitrogens with one attached hydrogen (secondary N) is 1. The highest BCUT2D eigenvalue weighted by Crippen LogP contribution is 2.24. The van der Waals surface area contributed by atoms with Crippen molar-refractivity contribution in [2.24, 2.45) is 0 Å². The van der Waals surface area contributed by atoms with Crippen LogP contribution in [0.1, 0.15) is 0 Å². The number of fused-ring (bicyclic) bond motifs is 3. The highest BCUT2D eigenvalue weighted by molar-refractivity contribution is 6.13. The minimum absolute atomic E-state index is 0. The minimum Gasteiger partial charge on any atom is -0.429 e. The molecule has 0 amide bonds. The van der Waals surface area contributed by atoms with Gasteiger partial charge in [0.05, 0.1) is 0 Å². The van der Waals surface area contributed by atoms with Crippen LogP contribution in [0.4, 0.5) is 0 Å². The van der Waals surface area contributed by atoms with E-state index in [1.807, 2.05) is 0 Å². The molecular formula is C12H11BNO2. The van der Waals surface area contributed by atoms with Gasteiger partial charge in [-0.1, -0.05) is 36.4 Å². The Balaban J connectivity index is 0.000000292. The molecule has 1 radical (unpaired) electrons. The third-order valence-corrected chi connectivity index (χ3v) is 2.41. The molecule has 0 aliphatic carbocycles. The van der Waals surface area contributed by atoms with E-state index in [2.05, 4.69) is 53.5 Å². The first-order valence-electron chi connectivity index (χ1n) is 4.92. The SMILES string of the molecule is O[B]O.c1ccc2c(c1)[nH]c1ccccc12. The van der Waals surface area contributed by atoms with Gasteiger partial charge in [-0.05, 0) is 12.1 Å². The van der Waals surface area contributed by atoms with Crippen molar-refractivity contribution in [2.45, 2.75) is 0 Å². The summed E-state index contributed by atoms with van der Waals surface area (Å²) in [4.78, 5) is 3.38. The van der Waals surface area contributed by atoms with Gasteiger partial charge in [0, 0.05) is 21.8 Å². The summed E-state index contributed by atoms with van der Waals surface area (Å²) in [7, 11) is 0. The maximum Gasteiger partial charge on any atom is 0.482 e. The monoisotopic (exact) mass is 212 g/mol. The van der Waals surface area contributed by atoms with Gasteiger partial charge in [0.15, 0.2) is 0 Å². The number of hydrogen-bond acceptors (Lipinski definition) is 2. The molecule has 3 rings (SSSR count). The normalized spacial score (nSPS) is 9.88. The van der Waals surface area contributed by atoms with Crippen molar-refractivity contribution in [3.8, 4) is 0 Å². The van der Waals surface area contributed by atoms with Crippen LogP contribution in [0.25, 0.3) is 21.8 Å². The van der Waals surface area contributed by atoms with Crippen LogP contribution in [0.3, 0.4) is 0 Å². The first kappa shape index (κ1) is 10.7. The summed E-state index contributed by atoms with van der Waals surface area (Å²) >= 11 is 0. The summed E-state index contributed by atoms with van der Waals surface area (Å²) in [6, 6.07) is 16.8. The third-order valence-electron chi connectivity index (χ3n) is 2.41. The smallest absolute Gasteiger partial charge is 0.429 e. The molecule has 0 bridgehead atoms. The fourth-order valence-electron chi connectivity index (χ4n) is 1.80. The summed E-state index contributed by atoms with van der Waals surface area (Å²) in [5, 5.41) is 16.6. The molecule has 1 aromatic heterocycles. The quantitative estimate of drug-likeness (QED) is 0.498. The largest absolute Gasteiger partial charge is 0.482 e. The van der Waals surface area contributed by atoms with Gasteiger partial charge in [-0.2, -0.15) is 0 Å². The van der Waals surface area contributed by atoms with E-state index in [0.717, 1.165) is 0 Å². The lowest BCUT2D eigenvalue weighted by molar-refractivity contribution is 0.448. The van der Waals surface area contributed by atoms with E-state index in [0.29, 0.717) is 0 Å². The number of H-pyrrole nitrogens is 1. The van der Waals surface area contributed by atoms with Gasteiger partial charge in [0.1, 0.15) is 0 Å². The first-order chi connectivity index (χ1) is 7.86. The van der Waals surface area contributed by atoms with Gasteiger partial charge in [0.25, 0.3) is 0 Å². The number of hydrogen-bond donors (Lipinski definition) is 3. The van der Waals surface area contributed by atoms with Crippen LogP contribution in [0.2, 0.25) is 0 Å². The van der Waals surface area contributed by atoms with E-state index < -0.39 is 0 Å². The summed E-state index contributed by atoms with van der Waals surface area (Å²) in [6.45, 7) is 0.